The van der Waals surface area contributed by atoms with E-state index >= 15 is 0 Å². The molecule has 0 spiro atoms. The van der Waals surface area contributed by atoms with Crippen LogP contribution >= 0.6 is 0 Å². The topological polar surface area (TPSA) is 32.5 Å². The molecular formula is C7H13F2N3. The lowest BCUT2D eigenvalue weighted by atomic mass is 10.3. The summed E-state index contributed by atoms with van der Waals surface area (Å²) < 4.78 is 23.9. The molecule has 0 aromatic heterocycles. The van der Waals surface area contributed by atoms with Crippen LogP contribution in [0.15, 0.2) is 11.9 Å². The highest BCUT2D eigenvalue weighted by Crippen LogP contribution is 2.06. The van der Waals surface area contributed by atoms with E-state index in [0.29, 0.717) is 18.9 Å². The molecule has 0 aromatic carbocycles. The van der Waals surface area contributed by atoms with Gasteiger partial charge in [-0.05, 0) is 0 Å². The Hall–Kier alpha value is -0.840. The van der Waals surface area contributed by atoms with E-state index in [2.05, 4.69) is 0 Å². The number of alkyl halides is 2. The molecule has 12 heavy (non-hydrogen) atoms. The van der Waals surface area contributed by atoms with Crippen molar-refractivity contribution in [3.05, 3.63) is 11.9 Å². The molecular weight excluding hydrogens is 164 g/mol. The van der Waals surface area contributed by atoms with Crippen molar-refractivity contribution in [2.45, 2.75) is 6.43 Å². The molecule has 1 aliphatic rings. The van der Waals surface area contributed by atoms with Crippen LogP contribution in [0, 0.1) is 0 Å². The Labute approximate surface area is 70.4 Å². The first-order chi connectivity index (χ1) is 5.58. The van der Waals surface area contributed by atoms with Crippen LogP contribution in [0.5, 0.6) is 0 Å². The second-order valence-corrected chi connectivity index (χ2v) is 3.01. The molecule has 5 heteroatoms. The third kappa shape index (κ3) is 2.65. The predicted molar refractivity (Wildman–Crippen MR) is 42.5 cm³/mol. The number of nitrogens with two attached hydrogens (primary N) is 1. The molecule has 70 valence electrons. The maximum Gasteiger partial charge on any atom is 0.251 e. The number of hydrogen-bond donors (Lipinski definition) is 1. The number of hydrogen-bond acceptors (Lipinski definition) is 3. The summed E-state index contributed by atoms with van der Waals surface area (Å²) in [7, 11) is 1.81. The SMILES string of the molecule is CN1C=C(N)CN(CC(F)F)C1. The molecule has 2 N–H and O–H groups in total. The van der Waals surface area contributed by atoms with Crippen molar-refractivity contribution in [1.29, 1.82) is 0 Å². The molecule has 1 heterocycles. The molecule has 0 radical (unpaired) electrons. The third-order valence-electron chi connectivity index (χ3n) is 1.61. The summed E-state index contributed by atoms with van der Waals surface area (Å²) in [5.74, 6) is 0. The van der Waals surface area contributed by atoms with E-state index < -0.39 is 6.43 Å². The van der Waals surface area contributed by atoms with Gasteiger partial charge in [0.25, 0.3) is 6.43 Å². The van der Waals surface area contributed by atoms with E-state index in [1.54, 1.807) is 16.0 Å². The predicted octanol–water partition coefficient (Wildman–Crippen LogP) is 0.256. The van der Waals surface area contributed by atoms with Gasteiger partial charge in [0, 0.05) is 25.5 Å². The van der Waals surface area contributed by atoms with Crippen LogP contribution in [0.4, 0.5) is 8.78 Å². The Kier molecular flexibility index (Phi) is 2.86. The van der Waals surface area contributed by atoms with E-state index in [0.717, 1.165) is 0 Å². The molecule has 1 aliphatic heterocycles. The second kappa shape index (κ2) is 3.71. The van der Waals surface area contributed by atoms with Gasteiger partial charge in [0.2, 0.25) is 0 Å². The van der Waals surface area contributed by atoms with Crippen LogP contribution in [-0.2, 0) is 0 Å². The van der Waals surface area contributed by atoms with Crippen molar-refractivity contribution in [3.63, 3.8) is 0 Å². The fraction of sp³-hybridized carbons (Fsp3) is 0.714. The summed E-state index contributed by atoms with van der Waals surface area (Å²) in [4.78, 5) is 3.40. The maximum atomic E-state index is 12.0. The lowest BCUT2D eigenvalue weighted by molar-refractivity contribution is 0.0681. The Morgan fingerprint density at radius 2 is 2.33 bits per heavy atom. The average molecular weight is 177 g/mol. The van der Waals surface area contributed by atoms with E-state index in [-0.39, 0.29) is 6.54 Å². The highest BCUT2D eigenvalue weighted by atomic mass is 19.3. The van der Waals surface area contributed by atoms with Gasteiger partial charge < -0.3 is 10.6 Å². The lowest BCUT2D eigenvalue weighted by Gasteiger charge is -2.31. The Morgan fingerprint density at radius 1 is 1.67 bits per heavy atom. The van der Waals surface area contributed by atoms with Crippen LogP contribution in [-0.4, -0.2) is 43.0 Å². The zero-order chi connectivity index (χ0) is 9.14. The van der Waals surface area contributed by atoms with E-state index in [1.165, 1.54) is 0 Å². The standard InChI is InChI=1S/C7H13F2N3/c1-11-2-6(10)3-12(5-11)4-7(8)9/h2,7H,3-5,10H2,1H3. The minimum absolute atomic E-state index is 0.209. The van der Waals surface area contributed by atoms with Gasteiger partial charge in [-0.25, -0.2) is 8.78 Å². The van der Waals surface area contributed by atoms with Gasteiger partial charge >= 0.3 is 0 Å². The molecule has 0 saturated heterocycles. The van der Waals surface area contributed by atoms with Gasteiger partial charge in [0.1, 0.15) is 0 Å². The summed E-state index contributed by atoms with van der Waals surface area (Å²) in [6, 6.07) is 0. The zero-order valence-electron chi connectivity index (χ0n) is 7.00. The van der Waals surface area contributed by atoms with E-state index in [9.17, 15) is 8.78 Å². The van der Waals surface area contributed by atoms with Crippen molar-refractivity contribution in [1.82, 2.24) is 9.80 Å². The molecule has 1 rings (SSSR count). The molecule has 0 bridgehead atoms. The van der Waals surface area contributed by atoms with Gasteiger partial charge in [-0.15, -0.1) is 0 Å². The van der Waals surface area contributed by atoms with Crippen LogP contribution in [0.1, 0.15) is 0 Å². The molecule has 0 aliphatic carbocycles. The molecule has 0 unspecified atom stereocenters. The summed E-state index contributed by atoms with van der Waals surface area (Å²) in [6.07, 6.45) is -0.522. The van der Waals surface area contributed by atoms with Crippen LogP contribution < -0.4 is 5.73 Å². The van der Waals surface area contributed by atoms with Crippen molar-refractivity contribution in [2.24, 2.45) is 5.73 Å². The van der Waals surface area contributed by atoms with Crippen molar-refractivity contribution >= 4 is 0 Å². The smallest absolute Gasteiger partial charge is 0.251 e. The summed E-state index contributed by atoms with van der Waals surface area (Å²) in [6.45, 7) is 0.749. The first kappa shape index (κ1) is 9.25. The molecule has 0 aromatic rings. The minimum Gasteiger partial charge on any atom is -0.400 e. The molecule has 0 fully saturated rings. The highest BCUT2D eigenvalue weighted by molar-refractivity contribution is 5.01. The summed E-state index contributed by atoms with van der Waals surface area (Å²) >= 11 is 0. The van der Waals surface area contributed by atoms with Gasteiger partial charge in [-0.2, -0.15) is 0 Å². The first-order valence-corrected chi connectivity index (χ1v) is 3.75. The quantitative estimate of drug-likeness (QED) is 0.656. The third-order valence-corrected chi connectivity index (χ3v) is 1.61. The summed E-state index contributed by atoms with van der Waals surface area (Å²) in [5, 5.41) is 0. The lowest BCUT2D eigenvalue weighted by Crippen LogP contribution is -2.42. The van der Waals surface area contributed by atoms with Gasteiger partial charge in [-0.1, -0.05) is 0 Å². The van der Waals surface area contributed by atoms with Crippen molar-refractivity contribution in [3.8, 4) is 0 Å². The number of halogens is 2. The summed E-state index contributed by atoms with van der Waals surface area (Å²) in [5.41, 5.74) is 6.15. The Balaban J connectivity index is 2.44. The minimum atomic E-state index is -2.29. The Morgan fingerprint density at radius 3 is 2.83 bits per heavy atom. The second-order valence-electron chi connectivity index (χ2n) is 3.01. The van der Waals surface area contributed by atoms with Gasteiger partial charge in [-0.3, -0.25) is 4.90 Å². The molecule has 3 nitrogen and oxygen atoms in total. The maximum absolute atomic E-state index is 12.0. The van der Waals surface area contributed by atoms with Crippen LogP contribution in [0.3, 0.4) is 0 Å². The monoisotopic (exact) mass is 177 g/mol. The van der Waals surface area contributed by atoms with Gasteiger partial charge in [0.05, 0.1) is 13.2 Å². The van der Waals surface area contributed by atoms with Crippen molar-refractivity contribution in [2.75, 3.05) is 26.8 Å². The zero-order valence-corrected chi connectivity index (χ0v) is 7.00. The number of rotatable bonds is 2. The van der Waals surface area contributed by atoms with Gasteiger partial charge in [0.15, 0.2) is 0 Å². The first-order valence-electron chi connectivity index (χ1n) is 3.75. The molecule has 0 atom stereocenters. The Bertz CT molecular complexity index is 181. The fourth-order valence-corrected chi connectivity index (χ4v) is 1.31. The number of nitrogens with zero attached hydrogens (tertiary/aromatic N) is 2. The van der Waals surface area contributed by atoms with E-state index in [4.69, 9.17) is 5.73 Å². The highest BCUT2D eigenvalue weighted by Gasteiger charge is 2.17. The normalized spacial score (nSPS) is 20.0. The largest absolute Gasteiger partial charge is 0.400 e. The molecule has 0 saturated carbocycles. The van der Waals surface area contributed by atoms with Crippen LogP contribution in [0.25, 0.3) is 0 Å². The average Bonchev–Trinajstić information content (AvgIpc) is 1.81. The van der Waals surface area contributed by atoms with E-state index in [1.807, 2.05) is 7.05 Å². The molecule has 0 amide bonds. The fourth-order valence-electron chi connectivity index (χ4n) is 1.31. The van der Waals surface area contributed by atoms with Crippen LogP contribution in [0.2, 0.25) is 0 Å². The van der Waals surface area contributed by atoms with Crippen molar-refractivity contribution < 1.29 is 8.78 Å².